The van der Waals surface area contributed by atoms with E-state index < -0.39 is 0 Å². The molecule has 0 amide bonds. The topological polar surface area (TPSA) is 64.2 Å². The van der Waals surface area contributed by atoms with Crippen molar-refractivity contribution in [3.8, 4) is 67.5 Å². The van der Waals surface area contributed by atoms with Crippen molar-refractivity contribution in [1.29, 1.82) is 0 Å². The summed E-state index contributed by atoms with van der Waals surface area (Å²) in [5.41, 5.74) is 19.2. The fraction of sp³-hybridized carbons (Fsp3) is 0.0588. The van der Waals surface area contributed by atoms with Gasteiger partial charge in [0.25, 0.3) is 0 Å². The van der Waals surface area contributed by atoms with E-state index in [1.165, 1.54) is 44.1 Å². The molecule has 0 spiro atoms. The van der Waals surface area contributed by atoms with Crippen LogP contribution in [0, 0.1) is 18.8 Å². The number of aromatic nitrogens is 5. The quantitative estimate of drug-likeness (QED) is 0.148. The van der Waals surface area contributed by atoms with Gasteiger partial charge in [-0.3, -0.25) is 0 Å². The summed E-state index contributed by atoms with van der Waals surface area (Å²) in [6.07, 6.45) is 5.56. The van der Waals surface area contributed by atoms with Crippen LogP contribution in [0.3, 0.4) is 0 Å². The second kappa shape index (κ2) is 18.0. The molecule has 0 atom stereocenters. The molecule has 0 unspecified atom stereocenters. The van der Waals surface area contributed by atoms with Crippen LogP contribution in [-0.2, 0) is 26.5 Å². The van der Waals surface area contributed by atoms with Crippen molar-refractivity contribution >= 4 is 66.4 Å². The molecule has 0 fully saturated rings. The molecule has 0 radical (unpaired) electrons. The smallest absolute Gasteiger partial charge is 0.135 e. The summed E-state index contributed by atoms with van der Waals surface area (Å²) in [6, 6.07) is 78.4. The maximum Gasteiger partial charge on any atom is 0.135 e. The fourth-order valence-electron chi connectivity index (χ4n) is 11.7. The van der Waals surface area contributed by atoms with Crippen LogP contribution < -0.4 is 14.5 Å². The molecule has 2 aliphatic heterocycles. The zero-order valence-corrected chi connectivity index (χ0v) is 44.5. The zero-order valence-electron chi connectivity index (χ0n) is 42.2. The number of anilines is 4. The second-order valence-corrected chi connectivity index (χ2v) is 20.6. The van der Waals surface area contributed by atoms with Crippen molar-refractivity contribution in [3.05, 3.63) is 243 Å². The van der Waals surface area contributed by atoms with Crippen LogP contribution in [0.5, 0.6) is 11.5 Å². The first-order chi connectivity index (χ1) is 37.4. The minimum absolute atomic E-state index is 0. The van der Waals surface area contributed by atoms with Crippen molar-refractivity contribution in [2.45, 2.75) is 26.2 Å². The number of rotatable bonds is 7. The number of benzene rings is 9. The van der Waals surface area contributed by atoms with Gasteiger partial charge in [-0.05, 0) is 69.0 Å². The van der Waals surface area contributed by atoms with E-state index in [-0.39, 0.29) is 26.5 Å². The summed E-state index contributed by atoms with van der Waals surface area (Å²) in [5, 5.41) is 13.4. The number of hydrogen-bond acceptors (Lipinski definition) is 6. The Hall–Kier alpha value is -9.10. The molecule has 0 aliphatic carbocycles. The Labute approximate surface area is 460 Å². The van der Waals surface area contributed by atoms with E-state index in [0.717, 1.165) is 83.9 Å². The first-order valence-corrected chi connectivity index (χ1v) is 25.7. The molecule has 4 aromatic heterocycles. The first kappa shape index (κ1) is 46.4. The summed E-state index contributed by atoms with van der Waals surface area (Å²) in [6.45, 7) is 8.83. The number of nitrogens with zero attached hydrogens (tertiary/aromatic N) is 7. The molecule has 6 heterocycles. The number of pyridine rings is 1. The third-order valence-electron chi connectivity index (χ3n) is 15.2. The Morgan fingerprint density at radius 2 is 1.13 bits per heavy atom. The van der Waals surface area contributed by atoms with Gasteiger partial charge < -0.3 is 23.7 Å². The summed E-state index contributed by atoms with van der Waals surface area (Å²) in [5.74, 6) is 1.91. The molecule has 15 rings (SSSR count). The predicted octanol–water partition coefficient (Wildman–Crippen LogP) is 17.1. The third-order valence-corrected chi connectivity index (χ3v) is 15.2. The number of fused-ring (bicyclic) bond motifs is 13. The Morgan fingerprint density at radius 3 is 1.90 bits per heavy atom. The Morgan fingerprint density at radius 1 is 0.494 bits per heavy atom. The molecule has 0 N–H and O–H groups in total. The molecule has 0 saturated carbocycles. The van der Waals surface area contributed by atoms with Gasteiger partial charge in [0.2, 0.25) is 0 Å². The number of para-hydroxylation sites is 3. The summed E-state index contributed by atoms with van der Waals surface area (Å²) >= 11 is 0. The van der Waals surface area contributed by atoms with Gasteiger partial charge in [-0.25, -0.2) is 4.98 Å². The van der Waals surface area contributed by atoms with Gasteiger partial charge in [0, 0.05) is 83.0 Å². The molecule has 372 valence electrons. The van der Waals surface area contributed by atoms with Gasteiger partial charge in [-0.2, -0.15) is 22.3 Å². The predicted molar refractivity (Wildman–Crippen MR) is 308 cm³/mol. The van der Waals surface area contributed by atoms with Crippen molar-refractivity contribution in [3.63, 3.8) is 0 Å². The molecule has 0 saturated heterocycles. The SMILES string of the molecule is CC(C)(C)c1ccnc(-n2c3[c-]c(Oc4[c-]c(N5[CH-]N(c6c(-c7ccccc7)cccc6-c6ccccc6)c6cnncc65)ccc4)ccc3c3c4c(ccc32)-n2c3ccccc3c3cccc(c32)-c2ccccc2-4)c1.[Pt]. The molecule has 9 aromatic carbocycles. The van der Waals surface area contributed by atoms with E-state index in [4.69, 9.17) is 9.72 Å². The number of hydrogen-bond donors (Lipinski definition) is 0. The van der Waals surface area contributed by atoms with Crippen molar-refractivity contribution in [2.24, 2.45) is 0 Å². The Bertz CT molecular complexity index is 4420. The fourth-order valence-corrected chi connectivity index (χ4v) is 11.7. The minimum Gasteiger partial charge on any atom is -0.509 e. The van der Waals surface area contributed by atoms with E-state index in [0.29, 0.717) is 11.5 Å². The van der Waals surface area contributed by atoms with Crippen LogP contribution in [0.1, 0.15) is 26.3 Å². The number of ether oxygens (including phenoxy) is 1. The van der Waals surface area contributed by atoms with Crippen molar-refractivity contribution in [1.82, 2.24) is 24.3 Å². The molecular formula is C68H46N7OPt-3. The van der Waals surface area contributed by atoms with E-state index in [9.17, 15) is 0 Å². The van der Waals surface area contributed by atoms with Gasteiger partial charge in [0.05, 0.1) is 40.5 Å². The van der Waals surface area contributed by atoms with Gasteiger partial charge >= 0.3 is 0 Å². The van der Waals surface area contributed by atoms with Crippen LogP contribution in [0.2, 0.25) is 0 Å². The second-order valence-electron chi connectivity index (χ2n) is 20.6. The average Bonchev–Trinajstić information content (AvgIpc) is 4.29. The van der Waals surface area contributed by atoms with E-state index in [1.807, 2.05) is 42.9 Å². The molecule has 9 heteroatoms. The van der Waals surface area contributed by atoms with Crippen LogP contribution in [-0.4, -0.2) is 24.3 Å². The first-order valence-electron chi connectivity index (χ1n) is 25.7. The molecule has 13 aromatic rings. The molecule has 77 heavy (non-hydrogen) atoms. The van der Waals surface area contributed by atoms with Gasteiger partial charge in [0.15, 0.2) is 0 Å². The average molecular weight is 1170 g/mol. The van der Waals surface area contributed by atoms with Crippen LogP contribution in [0.25, 0.3) is 99.6 Å². The molecule has 8 nitrogen and oxygen atoms in total. The van der Waals surface area contributed by atoms with Crippen LogP contribution in [0.15, 0.2) is 219 Å². The summed E-state index contributed by atoms with van der Waals surface area (Å²) in [7, 11) is 0. The summed E-state index contributed by atoms with van der Waals surface area (Å²) in [4.78, 5) is 9.42. The van der Waals surface area contributed by atoms with E-state index in [2.05, 4.69) is 245 Å². The Kier molecular flexibility index (Phi) is 10.9. The van der Waals surface area contributed by atoms with Gasteiger partial charge in [0.1, 0.15) is 5.82 Å². The summed E-state index contributed by atoms with van der Waals surface area (Å²) < 4.78 is 11.6. The molecule has 2 aliphatic rings. The molecule has 0 bridgehead atoms. The maximum absolute atomic E-state index is 6.88. The Balaban J connectivity index is 0.00000540. The van der Waals surface area contributed by atoms with E-state index >= 15 is 0 Å². The van der Waals surface area contributed by atoms with Crippen LogP contribution in [0.4, 0.5) is 22.7 Å². The minimum atomic E-state index is -0.107. The maximum atomic E-state index is 6.88. The van der Waals surface area contributed by atoms with Gasteiger partial charge in [-0.15, -0.1) is 48.1 Å². The largest absolute Gasteiger partial charge is 0.509 e. The van der Waals surface area contributed by atoms with Gasteiger partial charge in [-0.1, -0.05) is 166 Å². The monoisotopic (exact) mass is 1170 g/mol. The normalized spacial score (nSPS) is 12.7. The van der Waals surface area contributed by atoms with Crippen molar-refractivity contribution < 1.29 is 25.8 Å². The zero-order chi connectivity index (χ0) is 50.6. The van der Waals surface area contributed by atoms with E-state index in [1.54, 1.807) is 0 Å². The third kappa shape index (κ3) is 7.34. The van der Waals surface area contributed by atoms with Crippen molar-refractivity contribution in [2.75, 3.05) is 9.80 Å². The van der Waals surface area contributed by atoms with Crippen LogP contribution >= 0.6 is 0 Å². The molecular weight excluding hydrogens is 1130 g/mol. The standard InChI is InChI=1S/C68H46N7O.Pt/c1-68(2,3)45-35-36-69-63(37-45)74-58-33-34-59-64(53-25-11-10-23-51(53)54-28-16-29-55-52-24-12-13-30-57(52)75(59)67(54)55)65(58)56-32-31-48(39-60(56)74)76-47-22-14-21-46(38-47)72-42-73(62-41-71-70-40-61(62)72)66-49(43-17-6-4-7-18-43)26-15-27-50(66)44-19-8-5-9-20-44;/h4-37,40-42H,1-3H3;/q-3;.